The molecule has 1 N–H and O–H groups in total. The van der Waals surface area contributed by atoms with Gasteiger partial charge in [-0.3, -0.25) is 0 Å². The van der Waals surface area contributed by atoms with E-state index in [0.29, 0.717) is 6.04 Å². The first kappa shape index (κ1) is 10.1. The highest BCUT2D eigenvalue weighted by atomic mass is 32.1. The van der Waals surface area contributed by atoms with E-state index in [4.69, 9.17) is 0 Å². The highest BCUT2D eigenvalue weighted by Crippen LogP contribution is 2.23. The SMILES string of the molecule is C[C@H]1CCCC[C@H]1NCc1csnn1. The molecular formula is C10H17N3S. The Labute approximate surface area is 89.1 Å². The van der Waals surface area contributed by atoms with Crippen LogP contribution in [0.2, 0.25) is 0 Å². The topological polar surface area (TPSA) is 37.8 Å². The van der Waals surface area contributed by atoms with Crippen LogP contribution in [0.25, 0.3) is 0 Å². The molecule has 14 heavy (non-hydrogen) atoms. The van der Waals surface area contributed by atoms with E-state index in [1.54, 1.807) is 0 Å². The third-order valence-electron chi connectivity index (χ3n) is 3.06. The summed E-state index contributed by atoms with van der Waals surface area (Å²) in [6.45, 7) is 3.22. The van der Waals surface area contributed by atoms with Crippen molar-refractivity contribution in [3.63, 3.8) is 0 Å². The van der Waals surface area contributed by atoms with Gasteiger partial charge < -0.3 is 5.32 Å². The summed E-state index contributed by atoms with van der Waals surface area (Å²) >= 11 is 1.43. The molecule has 3 nitrogen and oxygen atoms in total. The summed E-state index contributed by atoms with van der Waals surface area (Å²) in [6.07, 6.45) is 5.46. The molecule has 1 aliphatic rings. The monoisotopic (exact) mass is 211 g/mol. The van der Waals surface area contributed by atoms with E-state index in [9.17, 15) is 0 Å². The first-order chi connectivity index (χ1) is 6.86. The predicted octanol–water partition coefficient (Wildman–Crippen LogP) is 2.21. The van der Waals surface area contributed by atoms with Crippen LogP contribution in [0, 0.1) is 5.92 Å². The van der Waals surface area contributed by atoms with Gasteiger partial charge in [0.1, 0.15) is 0 Å². The fourth-order valence-electron chi connectivity index (χ4n) is 2.12. The largest absolute Gasteiger partial charge is 0.308 e. The Morgan fingerprint density at radius 2 is 2.36 bits per heavy atom. The number of aromatic nitrogens is 2. The molecule has 2 rings (SSSR count). The van der Waals surface area contributed by atoms with Crippen molar-refractivity contribution in [1.29, 1.82) is 0 Å². The van der Waals surface area contributed by atoms with Crippen molar-refractivity contribution in [3.8, 4) is 0 Å². The van der Waals surface area contributed by atoms with E-state index in [0.717, 1.165) is 18.2 Å². The van der Waals surface area contributed by atoms with Crippen LogP contribution in [0.5, 0.6) is 0 Å². The second kappa shape index (κ2) is 4.84. The molecule has 0 aromatic carbocycles. The van der Waals surface area contributed by atoms with Gasteiger partial charge in [-0.1, -0.05) is 24.3 Å². The Morgan fingerprint density at radius 3 is 3.07 bits per heavy atom. The molecule has 2 atom stereocenters. The standard InChI is InChI=1S/C10H17N3S/c1-8-4-2-3-5-10(8)11-6-9-7-14-13-12-9/h7-8,10-11H,2-6H2,1H3/t8-,10+/m0/s1. The number of nitrogens with one attached hydrogen (secondary N) is 1. The van der Waals surface area contributed by atoms with Crippen molar-refractivity contribution in [2.24, 2.45) is 5.92 Å². The highest BCUT2D eigenvalue weighted by Gasteiger charge is 2.20. The Balaban J connectivity index is 1.79. The van der Waals surface area contributed by atoms with Crippen molar-refractivity contribution in [2.75, 3.05) is 0 Å². The van der Waals surface area contributed by atoms with Crippen LogP contribution in [0.1, 0.15) is 38.3 Å². The van der Waals surface area contributed by atoms with Crippen molar-refractivity contribution < 1.29 is 0 Å². The van der Waals surface area contributed by atoms with Gasteiger partial charge in [-0.2, -0.15) is 0 Å². The molecule has 1 saturated carbocycles. The highest BCUT2D eigenvalue weighted by molar-refractivity contribution is 7.03. The maximum Gasteiger partial charge on any atom is 0.0893 e. The van der Waals surface area contributed by atoms with E-state index in [1.807, 2.05) is 5.38 Å². The molecule has 0 amide bonds. The van der Waals surface area contributed by atoms with E-state index < -0.39 is 0 Å². The molecule has 4 heteroatoms. The van der Waals surface area contributed by atoms with E-state index in [1.165, 1.54) is 37.2 Å². The normalized spacial score (nSPS) is 27.8. The Morgan fingerprint density at radius 1 is 1.50 bits per heavy atom. The molecule has 0 unspecified atom stereocenters. The third-order valence-corrected chi connectivity index (χ3v) is 3.62. The quantitative estimate of drug-likeness (QED) is 0.833. The van der Waals surface area contributed by atoms with Crippen molar-refractivity contribution in [2.45, 2.75) is 45.2 Å². The Hall–Kier alpha value is -0.480. The maximum absolute atomic E-state index is 4.03. The molecule has 78 valence electrons. The van der Waals surface area contributed by atoms with E-state index in [2.05, 4.69) is 21.8 Å². The Kier molecular flexibility index (Phi) is 3.48. The summed E-state index contributed by atoms with van der Waals surface area (Å²) in [5, 5.41) is 9.62. The molecule has 0 spiro atoms. The molecule has 0 radical (unpaired) electrons. The first-order valence-corrected chi connectivity index (χ1v) is 6.19. The lowest BCUT2D eigenvalue weighted by atomic mass is 9.86. The van der Waals surface area contributed by atoms with E-state index >= 15 is 0 Å². The van der Waals surface area contributed by atoms with Gasteiger partial charge in [-0.05, 0) is 30.3 Å². The van der Waals surface area contributed by atoms with Gasteiger partial charge >= 0.3 is 0 Å². The number of hydrogen-bond donors (Lipinski definition) is 1. The minimum atomic E-state index is 0.686. The van der Waals surface area contributed by atoms with Crippen LogP contribution in [0.4, 0.5) is 0 Å². The summed E-state index contributed by atoms with van der Waals surface area (Å²) < 4.78 is 3.86. The van der Waals surface area contributed by atoms with Crippen LogP contribution < -0.4 is 5.32 Å². The molecule has 1 fully saturated rings. The van der Waals surface area contributed by atoms with Gasteiger partial charge in [-0.15, -0.1) is 5.10 Å². The van der Waals surface area contributed by atoms with Gasteiger partial charge in [-0.25, -0.2) is 0 Å². The van der Waals surface area contributed by atoms with Crippen LogP contribution in [-0.4, -0.2) is 15.6 Å². The number of hydrogen-bond acceptors (Lipinski definition) is 4. The zero-order chi connectivity index (χ0) is 9.80. The summed E-state index contributed by atoms with van der Waals surface area (Å²) in [6, 6.07) is 0.686. The third kappa shape index (κ3) is 2.51. The second-order valence-corrected chi connectivity index (χ2v) is 4.76. The summed E-state index contributed by atoms with van der Waals surface area (Å²) in [5.41, 5.74) is 1.08. The minimum Gasteiger partial charge on any atom is -0.308 e. The lowest BCUT2D eigenvalue weighted by Gasteiger charge is -2.29. The summed E-state index contributed by atoms with van der Waals surface area (Å²) in [4.78, 5) is 0. The molecule has 0 aliphatic heterocycles. The van der Waals surface area contributed by atoms with Gasteiger partial charge in [0.2, 0.25) is 0 Å². The van der Waals surface area contributed by atoms with Crippen molar-refractivity contribution >= 4 is 11.5 Å². The van der Waals surface area contributed by atoms with Crippen LogP contribution in [0.3, 0.4) is 0 Å². The zero-order valence-electron chi connectivity index (χ0n) is 8.57. The first-order valence-electron chi connectivity index (χ1n) is 5.35. The van der Waals surface area contributed by atoms with Crippen molar-refractivity contribution in [1.82, 2.24) is 14.9 Å². The number of rotatable bonds is 3. The van der Waals surface area contributed by atoms with Gasteiger partial charge in [0, 0.05) is 18.0 Å². The fraction of sp³-hybridized carbons (Fsp3) is 0.800. The minimum absolute atomic E-state index is 0.686. The van der Waals surface area contributed by atoms with Crippen LogP contribution in [0.15, 0.2) is 5.38 Å². The average Bonchev–Trinajstić information content (AvgIpc) is 2.69. The fourth-order valence-corrected chi connectivity index (χ4v) is 2.57. The molecule has 0 bridgehead atoms. The molecule has 1 aromatic heterocycles. The average molecular weight is 211 g/mol. The molecule has 1 aromatic rings. The molecular weight excluding hydrogens is 194 g/mol. The predicted molar refractivity (Wildman–Crippen MR) is 58.2 cm³/mol. The lowest BCUT2D eigenvalue weighted by molar-refractivity contribution is 0.278. The van der Waals surface area contributed by atoms with Crippen LogP contribution >= 0.6 is 11.5 Å². The van der Waals surface area contributed by atoms with Gasteiger partial charge in [0.05, 0.1) is 5.69 Å². The summed E-state index contributed by atoms with van der Waals surface area (Å²) in [5.74, 6) is 0.815. The van der Waals surface area contributed by atoms with Gasteiger partial charge in [0.15, 0.2) is 0 Å². The van der Waals surface area contributed by atoms with Crippen molar-refractivity contribution in [3.05, 3.63) is 11.1 Å². The lowest BCUT2D eigenvalue weighted by Crippen LogP contribution is -2.36. The Bertz CT molecular complexity index is 260. The molecule has 1 aliphatic carbocycles. The zero-order valence-corrected chi connectivity index (χ0v) is 9.39. The second-order valence-electron chi connectivity index (χ2n) is 4.15. The maximum atomic E-state index is 4.03. The molecule has 1 heterocycles. The number of nitrogens with zero attached hydrogens (tertiary/aromatic N) is 2. The van der Waals surface area contributed by atoms with E-state index in [-0.39, 0.29) is 0 Å². The smallest absolute Gasteiger partial charge is 0.0893 e. The van der Waals surface area contributed by atoms with Gasteiger partial charge in [0.25, 0.3) is 0 Å². The molecule has 0 saturated heterocycles. The summed E-state index contributed by atoms with van der Waals surface area (Å²) in [7, 11) is 0. The van der Waals surface area contributed by atoms with Crippen LogP contribution in [-0.2, 0) is 6.54 Å².